The number of amides is 2. The van der Waals surface area contributed by atoms with Gasteiger partial charge >= 0.3 is 0 Å². The van der Waals surface area contributed by atoms with Gasteiger partial charge in [0.15, 0.2) is 0 Å². The van der Waals surface area contributed by atoms with Crippen LogP contribution in [0.5, 0.6) is 0 Å². The summed E-state index contributed by atoms with van der Waals surface area (Å²) in [4.78, 5) is 27.9. The smallest absolute Gasteiger partial charge is 0.223 e. The summed E-state index contributed by atoms with van der Waals surface area (Å²) >= 11 is 0. The van der Waals surface area contributed by atoms with Crippen molar-refractivity contribution in [2.75, 3.05) is 26.8 Å². The van der Waals surface area contributed by atoms with E-state index in [1.165, 1.54) is 10.9 Å². The average molecular weight is 386 g/mol. The molecule has 6 nitrogen and oxygen atoms in total. The molecule has 1 heterocycles. The summed E-state index contributed by atoms with van der Waals surface area (Å²) in [7, 11) is 1.66. The fraction of sp³-hybridized carbons (Fsp3) is 0.545. The van der Waals surface area contributed by atoms with Crippen LogP contribution in [0, 0.1) is 11.8 Å². The monoisotopic (exact) mass is 385 g/mol. The zero-order chi connectivity index (χ0) is 19.8. The molecule has 0 spiro atoms. The predicted octanol–water partition coefficient (Wildman–Crippen LogP) is 2.79. The van der Waals surface area contributed by atoms with Crippen LogP contribution in [0.15, 0.2) is 30.5 Å². The summed E-state index contributed by atoms with van der Waals surface area (Å²) in [6.45, 7) is 1.95. The van der Waals surface area contributed by atoms with Crippen LogP contribution in [0.4, 0.5) is 0 Å². The van der Waals surface area contributed by atoms with Crippen molar-refractivity contribution >= 4 is 22.7 Å². The van der Waals surface area contributed by atoms with Crippen LogP contribution >= 0.6 is 0 Å². The van der Waals surface area contributed by atoms with Crippen molar-refractivity contribution < 1.29 is 14.3 Å². The molecule has 2 amide bonds. The summed E-state index contributed by atoms with van der Waals surface area (Å²) in [5, 5.41) is 7.27. The molecule has 3 N–H and O–H groups in total. The lowest BCUT2D eigenvalue weighted by Crippen LogP contribution is -2.38. The first-order chi connectivity index (χ1) is 13.7. The molecule has 152 valence electrons. The standard InChI is InChI=1S/C22H31N3O3/c1-28-14-4-12-23-21(26)16-7-9-17(10-8-16)22(27)24-13-11-18-15-25-20-6-3-2-5-19(18)20/h2-3,5-6,15-17,25H,4,7-14H2,1H3,(H,23,26)(H,24,27). The van der Waals surface area contributed by atoms with Crippen molar-refractivity contribution in [1.29, 1.82) is 0 Å². The maximum Gasteiger partial charge on any atom is 0.223 e. The minimum absolute atomic E-state index is 0.0283. The van der Waals surface area contributed by atoms with E-state index in [1.807, 2.05) is 18.3 Å². The van der Waals surface area contributed by atoms with E-state index in [4.69, 9.17) is 4.74 Å². The number of fused-ring (bicyclic) bond motifs is 1. The highest BCUT2D eigenvalue weighted by Gasteiger charge is 2.29. The van der Waals surface area contributed by atoms with Crippen molar-refractivity contribution in [1.82, 2.24) is 15.6 Å². The SMILES string of the molecule is COCCCNC(=O)C1CCC(C(=O)NCCc2c[nH]c3ccccc23)CC1. The number of benzene rings is 1. The van der Waals surface area contributed by atoms with Crippen molar-refractivity contribution in [2.24, 2.45) is 11.8 Å². The Hall–Kier alpha value is -2.34. The molecule has 2 aromatic rings. The molecule has 0 atom stereocenters. The molecule has 3 rings (SSSR count). The Morgan fingerprint density at radius 2 is 1.68 bits per heavy atom. The number of carbonyl (C=O) groups is 2. The number of carbonyl (C=O) groups excluding carboxylic acids is 2. The molecule has 0 saturated heterocycles. The van der Waals surface area contributed by atoms with Gasteiger partial charge in [-0.2, -0.15) is 0 Å². The Morgan fingerprint density at radius 1 is 1.04 bits per heavy atom. The lowest BCUT2D eigenvalue weighted by atomic mass is 9.81. The second-order valence-electron chi connectivity index (χ2n) is 7.59. The van der Waals surface area contributed by atoms with Gasteiger partial charge in [0.25, 0.3) is 0 Å². The minimum Gasteiger partial charge on any atom is -0.385 e. The number of aromatic nitrogens is 1. The van der Waals surface area contributed by atoms with Crippen LogP contribution in [0.3, 0.4) is 0 Å². The van der Waals surface area contributed by atoms with Crippen LogP contribution in [-0.4, -0.2) is 43.6 Å². The molecule has 0 radical (unpaired) electrons. The Morgan fingerprint density at radius 3 is 2.36 bits per heavy atom. The molecule has 1 aliphatic rings. The fourth-order valence-corrected chi connectivity index (χ4v) is 3.99. The van der Waals surface area contributed by atoms with Crippen molar-refractivity contribution in [3.05, 3.63) is 36.0 Å². The molecule has 0 aliphatic heterocycles. The van der Waals surface area contributed by atoms with Gasteiger partial charge in [-0.05, 0) is 50.2 Å². The molecule has 1 aliphatic carbocycles. The molecule has 1 saturated carbocycles. The number of H-pyrrole nitrogens is 1. The number of aromatic amines is 1. The van der Waals surface area contributed by atoms with E-state index in [-0.39, 0.29) is 23.7 Å². The first-order valence-electron chi connectivity index (χ1n) is 10.3. The first kappa shape index (κ1) is 20.4. The molecule has 0 unspecified atom stereocenters. The van der Waals surface area contributed by atoms with E-state index in [9.17, 15) is 9.59 Å². The number of para-hydroxylation sites is 1. The van der Waals surface area contributed by atoms with E-state index in [1.54, 1.807) is 7.11 Å². The zero-order valence-corrected chi connectivity index (χ0v) is 16.6. The zero-order valence-electron chi connectivity index (χ0n) is 16.6. The van der Waals surface area contributed by atoms with Crippen LogP contribution in [0.1, 0.15) is 37.7 Å². The van der Waals surface area contributed by atoms with Crippen molar-refractivity contribution in [3.63, 3.8) is 0 Å². The Labute approximate surface area is 166 Å². The second-order valence-corrected chi connectivity index (χ2v) is 7.59. The Balaban J connectivity index is 1.36. The first-order valence-corrected chi connectivity index (χ1v) is 10.3. The topological polar surface area (TPSA) is 83.2 Å². The van der Waals surface area contributed by atoms with E-state index < -0.39 is 0 Å². The third-order valence-corrected chi connectivity index (χ3v) is 5.66. The molecule has 28 heavy (non-hydrogen) atoms. The van der Waals surface area contributed by atoms with Gasteiger partial charge in [0.2, 0.25) is 11.8 Å². The van der Waals surface area contributed by atoms with Crippen molar-refractivity contribution in [2.45, 2.75) is 38.5 Å². The Kier molecular flexibility index (Phi) is 7.48. The molecule has 1 fully saturated rings. The van der Waals surface area contributed by atoms with Gasteiger partial charge in [-0.1, -0.05) is 18.2 Å². The molecule has 6 heteroatoms. The lowest BCUT2D eigenvalue weighted by Gasteiger charge is -2.27. The number of methoxy groups -OCH3 is 1. The number of hydrogen-bond acceptors (Lipinski definition) is 3. The normalized spacial score (nSPS) is 19.5. The molecule has 1 aromatic heterocycles. The van der Waals surface area contributed by atoms with Crippen LogP contribution in [0.25, 0.3) is 10.9 Å². The number of rotatable bonds is 9. The Bertz CT molecular complexity index is 778. The predicted molar refractivity (Wildman–Crippen MR) is 110 cm³/mol. The number of hydrogen-bond donors (Lipinski definition) is 3. The second kappa shape index (κ2) is 10.3. The quantitative estimate of drug-likeness (QED) is 0.581. The molecular weight excluding hydrogens is 354 g/mol. The highest BCUT2D eigenvalue weighted by Crippen LogP contribution is 2.29. The minimum atomic E-state index is 0.0283. The highest BCUT2D eigenvalue weighted by molar-refractivity contribution is 5.83. The maximum atomic E-state index is 12.5. The summed E-state index contributed by atoms with van der Waals surface area (Å²) in [5.74, 6) is 0.311. The third kappa shape index (κ3) is 5.35. The third-order valence-electron chi connectivity index (χ3n) is 5.66. The van der Waals surface area contributed by atoms with Crippen molar-refractivity contribution in [3.8, 4) is 0 Å². The summed E-state index contributed by atoms with van der Waals surface area (Å²) in [6, 6.07) is 8.21. The average Bonchev–Trinajstić information content (AvgIpc) is 3.14. The lowest BCUT2D eigenvalue weighted by molar-refractivity contribution is -0.130. The summed E-state index contributed by atoms with van der Waals surface area (Å²) < 4.78 is 4.99. The largest absolute Gasteiger partial charge is 0.385 e. The number of ether oxygens (including phenoxy) is 1. The number of nitrogens with one attached hydrogen (secondary N) is 3. The molecular formula is C22H31N3O3. The summed E-state index contributed by atoms with van der Waals surface area (Å²) in [6.07, 6.45) is 6.82. The van der Waals surface area contributed by atoms with Gasteiger partial charge in [0, 0.05) is 55.7 Å². The van der Waals surface area contributed by atoms with Gasteiger partial charge in [-0.3, -0.25) is 9.59 Å². The van der Waals surface area contributed by atoms with Crippen LogP contribution in [-0.2, 0) is 20.7 Å². The van der Waals surface area contributed by atoms with E-state index in [0.29, 0.717) is 19.7 Å². The van der Waals surface area contributed by atoms with Gasteiger partial charge in [0.05, 0.1) is 0 Å². The van der Waals surface area contributed by atoms with E-state index >= 15 is 0 Å². The highest BCUT2D eigenvalue weighted by atomic mass is 16.5. The fourth-order valence-electron chi connectivity index (χ4n) is 3.99. The van der Waals surface area contributed by atoms with Gasteiger partial charge in [0.1, 0.15) is 0 Å². The molecule has 0 bridgehead atoms. The maximum absolute atomic E-state index is 12.5. The van der Waals surface area contributed by atoms with E-state index in [0.717, 1.165) is 44.0 Å². The van der Waals surface area contributed by atoms with Gasteiger partial charge in [-0.15, -0.1) is 0 Å². The molecule has 1 aromatic carbocycles. The van der Waals surface area contributed by atoms with Gasteiger partial charge < -0.3 is 20.4 Å². The van der Waals surface area contributed by atoms with Crippen LogP contribution in [0.2, 0.25) is 0 Å². The van der Waals surface area contributed by atoms with Gasteiger partial charge in [-0.25, -0.2) is 0 Å². The van der Waals surface area contributed by atoms with Crippen LogP contribution < -0.4 is 10.6 Å². The summed E-state index contributed by atoms with van der Waals surface area (Å²) in [5.41, 5.74) is 2.35. The van der Waals surface area contributed by atoms with E-state index in [2.05, 4.69) is 27.8 Å².